The van der Waals surface area contributed by atoms with Gasteiger partial charge in [-0.3, -0.25) is 0 Å². The minimum Gasteiger partial charge on any atom is -0.382 e. The van der Waals surface area contributed by atoms with Crippen molar-refractivity contribution < 1.29 is 18.3 Å². The van der Waals surface area contributed by atoms with Crippen LogP contribution in [0, 0.1) is 5.82 Å². The molecule has 0 bridgehead atoms. The van der Waals surface area contributed by atoms with Crippen LogP contribution >= 0.6 is 15.9 Å². The van der Waals surface area contributed by atoms with Crippen molar-refractivity contribution in [3.05, 3.63) is 34.1 Å². The van der Waals surface area contributed by atoms with E-state index < -0.39 is 23.9 Å². The fraction of sp³-hybridized carbons (Fsp3) is 0.250. The summed E-state index contributed by atoms with van der Waals surface area (Å²) >= 11 is 2.88. The predicted molar refractivity (Wildman–Crippen MR) is 45.1 cm³/mol. The van der Waals surface area contributed by atoms with Crippen LogP contribution in [0.3, 0.4) is 0 Å². The molecule has 13 heavy (non-hydrogen) atoms. The van der Waals surface area contributed by atoms with Gasteiger partial charge in [0.2, 0.25) is 0 Å². The van der Waals surface area contributed by atoms with Gasteiger partial charge in [0.15, 0.2) is 0 Å². The Balaban J connectivity index is 3.12. The summed E-state index contributed by atoms with van der Waals surface area (Å²) in [5.74, 6) is -0.845. The molecule has 0 unspecified atom stereocenters. The minimum atomic E-state index is -2.99. The van der Waals surface area contributed by atoms with Gasteiger partial charge >= 0.3 is 0 Å². The molecule has 0 spiro atoms. The first-order chi connectivity index (χ1) is 6.04. The van der Waals surface area contributed by atoms with Crippen LogP contribution in [0.15, 0.2) is 22.7 Å². The van der Waals surface area contributed by atoms with E-state index >= 15 is 0 Å². The Morgan fingerprint density at radius 3 is 2.38 bits per heavy atom. The molecule has 72 valence electrons. The van der Waals surface area contributed by atoms with E-state index in [1.54, 1.807) is 0 Å². The number of rotatable bonds is 2. The largest absolute Gasteiger partial charge is 0.382 e. The van der Waals surface area contributed by atoms with Crippen molar-refractivity contribution in [3.8, 4) is 0 Å². The van der Waals surface area contributed by atoms with Gasteiger partial charge in [0.05, 0.1) is 0 Å². The van der Waals surface area contributed by atoms with E-state index in [1.807, 2.05) is 0 Å². The van der Waals surface area contributed by atoms with Crippen molar-refractivity contribution in [2.75, 3.05) is 0 Å². The normalized spacial score (nSPS) is 13.4. The lowest BCUT2D eigenvalue weighted by Crippen LogP contribution is -2.10. The molecule has 1 nitrogen and oxygen atoms in total. The number of benzene rings is 1. The lowest BCUT2D eigenvalue weighted by molar-refractivity contribution is -0.00814. The minimum absolute atomic E-state index is 0.139. The summed E-state index contributed by atoms with van der Waals surface area (Å²) in [4.78, 5) is 0. The molecule has 0 aromatic heterocycles. The van der Waals surface area contributed by atoms with Crippen molar-refractivity contribution in [2.24, 2.45) is 0 Å². The molecule has 0 radical (unpaired) electrons. The number of aliphatic hydroxyl groups excluding tert-OH is 1. The molecule has 1 atom stereocenters. The van der Waals surface area contributed by atoms with E-state index in [0.717, 1.165) is 6.07 Å². The Labute approximate surface area is 81.3 Å². The van der Waals surface area contributed by atoms with Crippen molar-refractivity contribution in [2.45, 2.75) is 12.5 Å². The van der Waals surface area contributed by atoms with Gasteiger partial charge in [-0.05, 0) is 12.1 Å². The number of hydrogen-bond acceptors (Lipinski definition) is 1. The molecule has 0 amide bonds. The lowest BCUT2D eigenvalue weighted by atomic mass is 10.1. The Bertz CT molecular complexity index is 283. The maximum atomic E-state index is 12.9. The molecule has 0 aliphatic rings. The van der Waals surface area contributed by atoms with Gasteiger partial charge < -0.3 is 5.11 Å². The van der Waals surface area contributed by atoms with Crippen molar-refractivity contribution >= 4 is 15.9 Å². The number of halogens is 4. The van der Waals surface area contributed by atoms with E-state index in [1.165, 1.54) is 12.1 Å². The smallest absolute Gasteiger partial charge is 0.268 e. The quantitative estimate of drug-likeness (QED) is 0.861. The summed E-state index contributed by atoms with van der Waals surface area (Å²) in [7, 11) is 0. The summed E-state index contributed by atoms with van der Waals surface area (Å²) in [5.41, 5.74) is -0.405. The third-order valence-corrected chi connectivity index (χ3v) is 2.23. The van der Waals surface area contributed by atoms with Gasteiger partial charge in [-0.1, -0.05) is 22.0 Å². The summed E-state index contributed by atoms with van der Waals surface area (Å²) < 4.78 is 37.2. The van der Waals surface area contributed by atoms with E-state index in [0.29, 0.717) is 0 Å². The molecule has 0 aliphatic heterocycles. The lowest BCUT2D eigenvalue weighted by Gasteiger charge is -2.12. The van der Waals surface area contributed by atoms with Gasteiger partial charge in [-0.2, -0.15) is 0 Å². The van der Waals surface area contributed by atoms with Crippen LogP contribution in [-0.2, 0) is 0 Å². The van der Waals surface area contributed by atoms with Crippen molar-refractivity contribution in [1.29, 1.82) is 0 Å². The molecule has 0 saturated heterocycles. The van der Waals surface area contributed by atoms with E-state index in [-0.39, 0.29) is 4.47 Å². The summed E-state index contributed by atoms with van der Waals surface area (Å²) in [5, 5.41) is 8.94. The van der Waals surface area contributed by atoms with Crippen LogP contribution in [0.4, 0.5) is 13.2 Å². The predicted octanol–water partition coefficient (Wildman–Crippen LogP) is 2.89. The Morgan fingerprint density at radius 2 is 1.92 bits per heavy atom. The molecule has 1 aromatic rings. The van der Waals surface area contributed by atoms with Gasteiger partial charge in [0.25, 0.3) is 6.43 Å². The molecule has 0 saturated carbocycles. The topological polar surface area (TPSA) is 20.2 Å². The number of hydrogen-bond donors (Lipinski definition) is 1. The number of alkyl halides is 2. The third kappa shape index (κ3) is 2.22. The Kier molecular flexibility index (Phi) is 3.33. The highest BCUT2D eigenvalue weighted by Gasteiger charge is 2.24. The molecule has 0 aliphatic carbocycles. The fourth-order valence-corrected chi connectivity index (χ4v) is 1.50. The SMILES string of the molecule is O[C@H](c1c(F)cccc1Br)C(F)F. The van der Waals surface area contributed by atoms with Gasteiger partial charge in [-0.15, -0.1) is 0 Å². The highest BCUT2D eigenvalue weighted by atomic mass is 79.9. The van der Waals surface area contributed by atoms with Gasteiger partial charge in [-0.25, -0.2) is 13.2 Å². The highest BCUT2D eigenvalue weighted by molar-refractivity contribution is 9.10. The first-order valence-corrected chi connectivity index (χ1v) is 4.23. The Morgan fingerprint density at radius 1 is 1.31 bits per heavy atom. The molecule has 1 aromatic carbocycles. The average Bonchev–Trinajstić information content (AvgIpc) is 2.03. The zero-order valence-corrected chi connectivity index (χ0v) is 7.93. The van der Waals surface area contributed by atoms with Crippen molar-refractivity contribution in [1.82, 2.24) is 0 Å². The fourth-order valence-electron chi connectivity index (χ4n) is 0.919. The first kappa shape index (κ1) is 10.5. The first-order valence-electron chi connectivity index (χ1n) is 3.44. The zero-order chi connectivity index (χ0) is 10.0. The molecule has 1 rings (SSSR count). The highest BCUT2D eigenvalue weighted by Crippen LogP contribution is 2.29. The third-order valence-electron chi connectivity index (χ3n) is 1.53. The molecule has 0 fully saturated rings. The van der Waals surface area contributed by atoms with E-state index in [4.69, 9.17) is 5.11 Å². The van der Waals surface area contributed by atoms with E-state index in [9.17, 15) is 13.2 Å². The average molecular weight is 255 g/mol. The zero-order valence-electron chi connectivity index (χ0n) is 6.35. The maximum Gasteiger partial charge on any atom is 0.268 e. The van der Waals surface area contributed by atoms with Crippen molar-refractivity contribution in [3.63, 3.8) is 0 Å². The Hall–Kier alpha value is -0.550. The molecular weight excluding hydrogens is 249 g/mol. The monoisotopic (exact) mass is 254 g/mol. The molecule has 1 N–H and O–H groups in total. The van der Waals surface area contributed by atoms with Gasteiger partial charge in [0.1, 0.15) is 11.9 Å². The summed E-state index contributed by atoms with van der Waals surface area (Å²) in [6.45, 7) is 0. The van der Waals surface area contributed by atoms with E-state index in [2.05, 4.69) is 15.9 Å². The standard InChI is InChI=1S/C8H6BrF3O/c9-4-2-1-3-5(10)6(4)7(13)8(11)12/h1-3,7-8,13H/t7-/m1/s1. The molecular formula is C8H6BrF3O. The molecule has 5 heteroatoms. The van der Waals surface area contributed by atoms with Crippen LogP contribution < -0.4 is 0 Å². The maximum absolute atomic E-state index is 12.9. The van der Waals surface area contributed by atoms with Crippen LogP contribution in [0.5, 0.6) is 0 Å². The summed E-state index contributed by atoms with van der Waals surface area (Å²) in [6.07, 6.45) is -5.08. The molecule has 0 heterocycles. The summed E-state index contributed by atoms with van der Waals surface area (Å²) in [6, 6.07) is 3.77. The van der Waals surface area contributed by atoms with Gasteiger partial charge in [0, 0.05) is 10.0 Å². The van der Waals surface area contributed by atoms with Crippen LogP contribution in [0.25, 0.3) is 0 Å². The van der Waals surface area contributed by atoms with Crippen LogP contribution in [-0.4, -0.2) is 11.5 Å². The van der Waals surface area contributed by atoms with Crippen LogP contribution in [0.1, 0.15) is 11.7 Å². The van der Waals surface area contributed by atoms with Crippen LogP contribution in [0.2, 0.25) is 0 Å². The second-order valence-electron chi connectivity index (χ2n) is 2.41. The number of aliphatic hydroxyl groups is 1. The second kappa shape index (κ2) is 4.11. The second-order valence-corrected chi connectivity index (χ2v) is 3.27.